The molecule has 0 aliphatic carbocycles. The minimum Gasteiger partial charge on any atom is -0.485 e. The van der Waals surface area contributed by atoms with E-state index in [0.29, 0.717) is 21.6 Å². The number of hydrogen-bond donors (Lipinski definition) is 2. The number of ether oxygens (including phenoxy) is 2. The number of halogens is 2. The highest BCUT2D eigenvalue weighted by Gasteiger charge is 2.13. The number of primary amides is 1. The quantitative estimate of drug-likeness (QED) is 0.385. The van der Waals surface area contributed by atoms with Crippen molar-refractivity contribution in [2.75, 3.05) is 0 Å². The van der Waals surface area contributed by atoms with Gasteiger partial charge < -0.3 is 20.2 Å². The van der Waals surface area contributed by atoms with Crippen molar-refractivity contribution in [2.45, 2.75) is 20.1 Å². The number of nitrogens with two attached hydrogens (primary N) is 1. The van der Waals surface area contributed by atoms with Crippen LogP contribution in [0.5, 0.6) is 11.5 Å². The fourth-order valence-electron chi connectivity index (χ4n) is 3.08. The fourth-order valence-corrected chi connectivity index (χ4v) is 3.41. The summed E-state index contributed by atoms with van der Waals surface area (Å²) in [5, 5.41) is 0. The van der Waals surface area contributed by atoms with Gasteiger partial charge in [0, 0.05) is 15.6 Å². The van der Waals surface area contributed by atoms with Gasteiger partial charge >= 0.3 is 0 Å². The molecular weight excluding hydrogens is 465 g/mol. The molecule has 158 valence electrons. The fraction of sp³-hybridized carbons (Fsp3) is 0.130. The number of aryl methyl sites for hydroxylation is 1. The van der Waals surface area contributed by atoms with Crippen molar-refractivity contribution in [3.05, 3.63) is 87.4 Å². The molecule has 8 heteroatoms. The van der Waals surface area contributed by atoms with Crippen LogP contribution in [0.4, 0.5) is 4.39 Å². The number of hydrogen-bond acceptors (Lipinski definition) is 4. The Morgan fingerprint density at radius 3 is 2.65 bits per heavy atom. The average molecular weight is 484 g/mol. The van der Waals surface area contributed by atoms with Gasteiger partial charge in [-0.05, 0) is 55.0 Å². The molecule has 3 aromatic carbocycles. The third-order valence-corrected chi connectivity index (χ3v) is 5.17. The molecule has 6 nitrogen and oxygen atoms in total. The van der Waals surface area contributed by atoms with Crippen molar-refractivity contribution in [3.8, 4) is 11.5 Å². The average Bonchev–Trinajstić information content (AvgIpc) is 3.13. The summed E-state index contributed by atoms with van der Waals surface area (Å²) in [6, 6.07) is 15.3. The van der Waals surface area contributed by atoms with E-state index in [1.165, 1.54) is 12.1 Å². The third kappa shape index (κ3) is 4.86. The van der Waals surface area contributed by atoms with Crippen LogP contribution in [0.1, 0.15) is 27.3 Å². The lowest BCUT2D eigenvalue weighted by Gasteiger charge is -2.13. The lowest BCUT2D eigenvalue weighted by Crippen LogP contribution is -2.11. The molecule has 0 aliphatic heterocycles. The molecule has 0 atom stereocenters. The molecule has 3 N–H and O–H groups in total. The number of benzene rings is 3. The minimum absolute atomic E-state index is 0.0401. The van der Waals surface area contributed by atoms with Gasteiger partial charge in [-0.1, -0.05) is 28.1 Å². The van der Waals surface area contributed by atoms with Crippen molar-refractivity contribution in [1.29, 1.82) is 0 Å². The Bertz CT molecular complexity index is 1270. The molecule has 0 aliphatic rings. The van der Waals surface area contributed by atoms with Gasteiger partial charge in [-0.15, -0.1) is 0 Å². The first kappa shape index (κ1) is 20.9. The van der Waals surface area contributed by atoms with E-state index in [0.717, 1.165) is 16.6 Å². The van der Waals surface area contributed by atoms with Gasteiger partial charge in [0.15, 0.2) is 11.5 Å². The maximum Gasteiger partial charge on any atom is 0.248 e. The number of fused-ring (bicyclic) bond motifs is 1. The molecule has 0 saturated carbocycles. The zero-order valence-corrected chi connectivity index (χ0v) is 18.2. The van der Waals surface area contributed by atoms with E-state index >= 15 is 0 Å². The zero-order valence-electron chi connectivity index (χ0n) is 16.6. The van der Waals surface area contributed by atoms with E-state index in [-0.39, 0.29) is 24.5 Å². The van der Waals surface area contributed by atoms with Crippen molar-refractivity contribution < 1.29 is 18.7 Å². The summed E-state index contributed by atoms with van der Waals surface area (Å²) in [6.45, 7) is 2.13. The number of aromatic amines is 1. The summed E-state index contributed by atoms with van der Waals surface area (Å²) < 4.78 is 26.4. The smallest absolute Gasteiger partial charge is 0.248 e. The van der Waals surface area contributed by atoms with Crippen molar-refractivity contribution in [2.24, 2.45) is 5.73 Å². The lowest BCUT2D eigenvalue weighted by atomic mass is 10.2. The highest BCUT2D eigenvalue weighted by Crippen LogP contribution is 2.30. The molecule has 4 aromatic rings. The van der Waals surface area contributed by atoms with Crippen LogP contribution in [0, 0.1) is 12.7 Å². The van der Waals surface area contributed by atoms with Crippen LogP contribution in [-0.4, -0.2) is 15.9 Å². The highest BCUT2D eigenvalue weighted by atomic mass is 79.9. The number of nitrogens with zero attached hydrogens (tertiary/aromatic N) is 1. The van der Waals surface area contributed by atoms with Crippen molar-refractivity contribution in [1.82, 2.24) is 9.97 Å². The van der Waals surface area contributed by atoms with E-state index in [9.17, 15) is 9.18 Å². The number of carbonyl (C=O) groups excluding carboxylic acids is 1. The Hall–Kier alpha value is -3.39. The van der Waals surface area contributed by atoms with Crippen molar-refractivity contribution in [3.63, 3.8) is 0 Å². The summed E-state index contributed by atoms with van der Waals surface area (Å²) in [6.07, 6.45) is 0. The summed E-state index contributed by atoms with van der Waals surface area (Å²) in [7, 11) is 0. The normalized spacial score (nSPS) is 10.9. The number of nitrogens with one attached hydrogen (secondary N) is 1. The molecule has 1 amide bonds. The van der Waals surface area contributed by atoms with Crippen LogP contribution in [0.3, 0.4) is 0 Å². The molecule has 1 aromatic heterocycles. The SMILES string of the molecule is Cc1ccc2nc(COc3ccc(C(N)=O)cc3OCc3ccc(Br)cc3F)[nH]c2c1. The van der Waals surface area contributed by atoms with E-state index < -0.39 is 11.7 Å². The molecule has 0 radical (unpaired) electrons. The number of aromatic nitrogens is 2. The summed E-state index contributed by atoms with van der Waals surface area (Å²) in [5.74, 6) is 0.313. The summed E-state index contributed by atoms with van der Waals surface area (Å²) in [5.41, 5.74) is 8.90. The maximum atomic E-state index is 14.1. The standard InChI is InChI=1S/C23H19BrFN3O3/c1-13-2-6-18-19(8-13)28-22(27-18)12-31-20-7-4-14(23(26)29)9-21(20)30-11-15-3-5-16(24)10-17(15)25/h2-10H,11-12H2,1H3,(H2,26,29)(H,27,28). The first-order chi connectivity index (χ1) is 14.9. The molecule has 0 spiro atoms. The van der Waals surface area contributed by atoms with Crippen LogP contribution in [-0.2, 0) is 13.2 Å². The highest BCUT2D eigenvalue weighted by molar-refractivity contribution is 9.10. The monoisotopic (exact) mass is 483 g/mol. The zero-order chi connectivity index (χ0) is 22.0. The molecule has 31 heavy (non-hydrogen) atoms. The predicted octanol–water partition coefficient (Wildman–Crippen LogP) is 5.03. The Morgan fingerprint density at radius 1 is 1.06 bits per heavy atom. The van der Waals surface area contributed by atoms with Crippen LogP contribution >= 0.6 is 15.9 Å². The molecular formula is C23H19BrFN3O3. The second kappa shape index (κ2) is 8.77. The van der Waals surface area contributed by atoms with Gasteiger partial charge in [-0.2, -0.15) is 0 Å². The predicted molar refractivity (Wildman–Crippen MR) is 119 cm³/mol. The number of rotatable bonds is 7. The second-order valence-electron chi connectivity index (χ2n) is 7.04. The minimum atomic E-state index is -0.598. The molecule has 4 rings (SSSR count). The Balaban J connectivity index is 1.54. The summed E-state index contributed by atoms with van der Waals surface area (Å²) in [4.78, 5) is 19.3. The van der Waals surface area contributed by atoms with Gasteiger partial charge in [0.25, 0.3) is 0 Å². The third-order valence-electron chi connectivity index (χ3n) is 4.68. The first-order valence-corrected chi connectivity index (χ1v) is 10.3. The van der Waals surface area contributed by atoms with Gasteiger partial charge in [0.05, 0.1) is 11.0 Å². The Labute approximate surface area is 186 Å². The van der Waals surface area contributed by atoms with Gasteiger partial charge in [-0.3, -0.25) is 4.79 Å². The molecule has 1 heterocycles. The molecule has 0 saturated heterocycles. The summed E-state index contributed by atoms with van der Waals surface area (Å²) >= 11 is 3.23. The maximum absolute atomic E-state index is 14.1. The van der Waals surface area contributed by atoms with Crippen LogP contribution in [0.15, 0.2) is 59.1 Å². The number of H-pyrrole nitrogens is 1. The van der Waals surface area contributed by atoms with E-state index in [1.807, 2.05) is 25.1 Å². The second-order valence-corrected chi connectivity index (χ2v) is 7.96. The molecule has 0 bridgehead atoms. The number of amides is 1. The largest absolute Gasteiger partial charge is 0.485 e. The van der Waals surface area contributed by atoms with E-state index in [1.54, 1.807) is 24.3 Å². The molecule has 0 fully saturated rings. The number of imidazole rings is 1. The number of carbonyl (C=O) groups is 1. The molecule has 0 unspecified atom stereocenters. The van der Waals surface area contributed by atoms with E-state index in [2.05, 4.69) is 25.9 Å². The first-order valence-electron chi connectivity index (χ1n) is 9.47. The topological polar surface area (TPSA) is 90.2 Å². The van der Waals surface area contributed by atoms with Gasteiger partial charge in [0.1, 0.15) is 24.9 Å². The Morgan fingerprint density at radius 2 is 1.87 bits per heavy atom. The van der Waals surface area contributed by atoms with Gasteiger partial charge in [-0.25, -0.2) is 9.37 Å². The lowest BCUT2D eigenvalue weighted by molar-refractivity contribution is 0.0999. The Kier molecular flexibility index (Phi) is 5.90. The van der Waals surface area contributed by atoms with Crippen LogP contribution < -0.4 is 15.2 Å². The van der Waals surface area contributed by atoms with Gasteiger partial charge in [0.2, 0.25) is 5.91 Å². The van der Waals surface area contributed by atoms with E-state index in [4.69, 9.17) is 15.2 Å². The van der Waals surface area contributed by atoms with Crippen molar-refractivity contribution >= 4 is 32.9 Å². The van der Waals surface area contributed by atoms with Crippen LogP contribution in [0.2, 0.25) is 0 Å². The van der Waals surface area contributed by atoms with Crippen LogP contribution in [0.25, 0.3) is 11.0 Å².